The molecule has 30 heavy (non-hydrogen) atoms. The fraction of sp³-hybridized carbons (Fsp3) is 0.500. The van der Waals surface area contributed by atoms with Crippen LogP contribution in [-0.2, 0) is 25.3 Å². The first kappa shape index (κ1) is 22.0. The van der Waals surface area contributed by atoms with E-state index in [1.165, 1.54) is 11.1 Å². The Hall–Kier alpha value is -2.70. The van der Waals surface area contributed by atoms with Crippen molar-refractivity contribution in [1.82, 2.24) is 15.0 Å². The van der Waals surface area contributed by atoms with Gasteiger partial charge in [0.2, 0.25) is 15.7 Å². The Bertz CT molecular complexity index is 960. The Morgan fingerprint density at radius 3 is 2.63 bits per heavy atom. The van der Waals surface area contributed by atoms with Crippen molar-refractivity contribution in [2.75, 3.05) is 32.4 Å². The number of hydrazone groups is 1. The predicted octanol–water partition coefficient (Wildman–Crippen LogP) is -0.783. The van der Waals surface area contributed by atoms with Gasteiger partial charge in [-0.2, -0.15) is 0 Å². The molecule has 1 atom stereocenters. The maximum Gasteiger partial charge on any atom is 0.336 e. The molecule has 11 nitrogen and oxygen atoms in total. The lowest BCUT2D eigenvalue weighted by Gasteiger charge is -2.44. The summed E-state index contributed by atoms with van der Waals surface area (Å²) in [4.78, 5) is 23.9. The van der Waals surface area contributed by atoms with E-state index < -0.39 is 27.6 Å². The highest BCUT2D eigenvalue weighted by Gasteiger charge is 2.54. The van der Waals surface area contributed by atoms with E-state index >= 15 is 0 Å². The van der Waals surface area contributed by atoms with Crippen molar-refractivity contribution in [3.8, 4) is 0 Å². The van der Waals surface area contributed by atoms with Crippen LogP contribution < -0.4 is 15.8 Å². The SMILES string of the molecule is CS(=O)(=O)NCCN1N=C(C(N)=O)OC1(c1ccccc1C(=O)O)C1CCNCC1. The molecule has 164 valence electrons. The first-order chi connectivity index (χ1) is 14.1. The van der Waals surface area contributed by atoms with E-state index in [-0.39, 0.29) is 30.5 Å². The Kier molecular flexibility index (Phi) is 6.29. The van der Waals surface area contributed by atoms with Crippen LogP contribution in [0.25, 0.3) is 0 Å². The van der Waals surface area contributed by atoms with Gasteiger partial charge in [0.15, 0.2) is 0 Å². The van der Waals surface area contributed by atoms with Gasteiger partial charge in [-0.15, -0.1) is 5.10 Å². The zero-order valence-corrected chi connectivity index (χ0v) is 17.3. The summed E-state index contributed by atoms with van der Waals surface area (Å²) in [6.45, 7) is 1.38. The number of ether oxygens (including phenoxy) is 1. The molecule has 5 N–H and O–H groups in total. The van der Waals surface area contributed by atoms with Gasteiger partial charge in [0, 0.05) is 18.0 Å². The highest BCUT2D eigenvalue weighted by Crippen LogP contribution is 2.46. The number of piperidine rings is 1. The van der Waals surface area contributed by atoms with Crippen LogP contribution in [0.4, 0.5) is 0 Å². The lowest BCUT2D eigenvalue weighted by molar-refractivity contribution is -0.132. The number of amides is 1. The maximum absolute atomic E-state index is 12.0. The van der Waals surface area contributed by atoms with E-state index in [0.717, 1.165) is 6.26 Å². The molecule has 1 saturated heterocycles. The van der Waals surface area contributed by atoms with Crippen LogP contribution in [-0.4, -0.2) is 68.7 Å². The molecule has 2 heterocycles. The summed E-state index contributed by atoms with van der Waals surface area (Å²) in [7, 11) is -3.46. The number of rotatable bonds is 8. The van der Waals surface area contributed by atoms with Crippen molar-refractivity contribution < 1.29 is 27.9 Å². The lowest BCUT2D eigenvalue weighted by Crippen LogP contribution is -2.53. The largest absolute Gasteiger partial charge is 0.478 e. The van der Waals surface area contributed by atoms with E-state index in [1.807, 2.05) is 0 Å². The van der Waals surface area contributed by atoms with Gasteiger partial charge >= 0.3 is 11.9 Å². The summed E-state index contributed by atoms with van der Waals surface area (Å²) in [6, 6.07) is 6.37. The first-order valence-corrected chi connectivity index (χ1v) is 11.4. The van der Waals surface area contributed by atoms with Gasteiger partial charge in [0.1, 0.15) is 0 Å². The van der Waals surface area contributed by atoms with Crippen LogP contribution in [0.3, 0.4) is 0 Å². The number of primary amides is 1. The molecule has 0 bridgehead atoms. The van der Waals surface area contributed by atoms with Gasteiger partial charge in [-0.05, 0) is 32.0 Å². The molecule has 0 radical (unpaired) electrons. The van der Waals surface area contributed by atoms with Gasteiger partial charge < -0.3 is 20.9 Å². The molecule has 1 amide bonds. The monoisotopic (exact) mass is 439 g/mol. The summed E-state index contributed by atoms with van der Waals surface area (Å²) in [5.41, 5.74) is 4.37. The standard InChI is InChI=1S/C18H25N5O6S/c1-30(27,28)21-10-11-23-18(12-6-8-20-9-7-12,29-16(22-23)15(19)24)14-5-3-2-4-13(14)17(25)26/h2-5,12,20-21H,6-11H2,1H3,(H2,19,24)(H,25,26). The van der Waals surface area contributed by atoms with Crippen LogP contribution in [0.1, 0.15) is 28.8 Å². The predicted molar refractivity (Wildman–Crippen MR) is 108 cm³/mol. The fourth-order valence-electron chi connectivity index (χ4n) is 3.96. The van der Waals surface area contributed by atoms with E-state index in [1.54, 1.807) is 18.2 Å². The fourth-order valence-corrected chi connectivity index (χ4v) is 4.42. The Balaban J connectivity index is 2.11. The molecule has 1 aromatic carbocycles. The van der Waals surface area contributed by atoms with Gasteiger partial charge in [-0.25, -0.2) is 22.9 Å². The maximum atomic E-state index is 12.0. The molecule has 2 aliphatic rings. The van der Waals surface area contributed by atoms with Crippen molar-refractivity contribution in [2.24, 2.45) is 16.8 Å². The summed E-state index contributed by atoms with van der Waals surface area (Å²) in [6.07, 6.45) is 2.29. The average molecular weight is 439 g/mol. The number of carbonyl (C=O) groups excluding carboxylic acids is 1. The van der Waals surface area contributed by atoms with Crippen LogP contribution >= 0.6 is 0 Å². The summed E-state index contributed by atoms with van der Waals surface area (Å²) >= 11 is 0. The first-order valence-electron chi connectivity index (χ1n) is 9.48. The lowest BCUT2D eigenvalue weighted by atomic mass is 9.80. The zero-order chi connectivity index (χ0) is 21.9. The molecular weight excluding hydrogens is 414 g/mol. The zero-order valence-electron chi connectivity index (χ0n) is 16.5. The van der Waals surface area contributed by atoms with Gasteiger partial charge in [0.05, 0.1) is 18.4 Å². The number of nitrogens with zero attached hydrogens (tertiary/aromatic N) is 2. The van der Waals surface area contributed by atoms with E-state index in [9.17, 15) is 23.1 Å². The smallest absolute Gasteiger partial charge is 0.336 e. The van der Waals surface area contributed by atoms with Crippen molar-refractivity contribution in [3.63, 3.8) is 0 Å². The van der Waals surface area contributed by atoms with Crippen molar-refractivity contribution in [3.05, 3.63) is 35.4 Å². The highest BCUT2D eigenvalue weighted by atomic mass is 32.2. The minimum Gasteiger partial charge on any atom is -0.478 e. The van der Waals surface area contributed by atoms with Gasteiger partial charge in [-0.3, -0.25) is 4.79 Å². The second-order valence-electron chi connectivity index (χ2n) is 7.23. The van der Waals surface area contributed by atoms with Crippen LogP contribution in [0, 0.1) is 5.92 Å². The Morgan fingerprint density at radius 2 is 2.03 bits per heavy atom. The second-order valence-corrected chi connectivity index (χ2v) is 9.07. The van der Waals surface area contributed by atoms with E-state index in [4.69, 9.17) is 10.5 Å². The minimum absolute atomic E-state index is 0.0121. The molecule has 0 aromatic heterocycles. The molecule has 3 rings (SSSR count). The topological polar surface area (TPSA) is 163 Å². The molecule has 1 unspecified atom stereocenters. The average Bonchev–Trinajstić information content (AvgIpc) is 3.08. The number of carbonyl (C=O) groups is 2. The third-order valence-corrected chi connectivity index (χ3v) is 5.91. The van der Waals surface area contributed by atoms with Crippen LogP contribution in [0.5, 0.6) is 0 Å². The third-order valence-electron chi connectivity index (χ3n) is 5.18. The number of carboxylic acids is 1. The number of nitrogens with one attached hydrogen (secondary N) is 2. The number of benzene rings is 1. The summed E-state index contributed by atoms with van der Waals surface area (Å²) in [5, 5.41) is 18.7. The Morgan fingerprint density at radius 1 is 1.37 bits per heavy atom. The van der Waals surface area contributed by atoms with Crippen molar-refractivity contribution in [1.29, 1.82) is 0 Å². The quantitative estimate of drug-likeness (QED) is 0.410. The van der Waals surface area contributed by atoms with E-state index in [2.05, 4.69) is 15.1 Å². The number of carboxylic acid groups (broad SMARTS) is 1. The van der Waals surface area contributed by atoms with E-state index in [0.29, 0.717) is 31.5 Å². The molecule has 1 fully saturated rings. The van der Waals surface area contributed by atoms with Crippen LogP contribution in [0.15, 0.2) is 29.4 Å². The number of hydrogen-bond donors (Lipinski definition) is 4. The molecular formula is C18H25N5O6S. The molecule has 0 aliphatic carbocycles. The number of nitrogens with two attached hydrogens (primary N) is 1. The third kappa shape index (κ3) is 4.40. The Labute approximate surface area is 174 Å². The summed E-state index contributed by atoms with van der Waals surface area (Å²) < 4.78 is 31.4. The van der Waals surface area contributed by atoms with Crippen LogP contribution in [0.2, 0.25) is 0 Å². The minimum atomic E-state index is -3.46. The number of sulfonamides is 1. The van der Waals surface area contributed by atoms with Gasteiger partial charge in [-0.1, -0.05) is 18.2 Å². The molecule has 0 spiro atoms. The second kappa shape index (κ2) is 8.58. The number of hydrogen-bond acceptors (Lipinski definition) is 8. The molecule has 0 saturated carbocycles. The normalized spacial score (nSPS) is 22.4. The highest BCUT2D eigenvalue weighted by molar-refractivity contribution is 7.88. The summed E-state index contributed by atoms with van der Waals surface area (Å²) in [5.74, 6) is -2.60. The number of aromatic carboxylic acids is 1. The molecule has 1 aromatic rings. The molecule has 12 heteroatoms. The van der Waals surface area contributed by atoms with Crippen molar-refractivity contribution in [2.45, 2.75) is 18.6 Å². The van der Waals surface area contributed by atoms with Gasteiger partial charge in [0.25, 0.3) is 5.90 Å². The molecule has 2 aliphatic heterocycles. The van der Waals surface area contributed by atoms with Crippen molar-refractivity contribution >= 4 is 27.8 Å².